The first kappa shape index (κ1) is 59.4. The number of allylic oxidation sites excluding steroid dienone is 2. The van der Waals surface area contributed by atoms with E-state index in [9.17, 15) is 37.9 Å². The van der Waals surface area contributed by atoms with Gasteiger partial charge >= 0.3 is 11.9 Å². The fourth-order valence-corrected chi connectivity index (χ4v) is 8.78. The van der Waals surface area contributed by atoms with Gasteiger partial charge in [-0.1, -0.05) is 199 Å². The number of ether oxygens (including phenoxy) is 4. The predicted molar refractivity (Wildman–Crippen MR) is 252 cm³/mol. The molecule has 6 atom stereocenters. The summed E-state index contributed by atoms with van der Waals surface area (Å²) in [6.45, 7) is 3.77. The number of aliphatic hydroxyl groups excluding tert-OH is 3. The molecule has 0 aromatic rings. The molecule has 0 spiro atoms. The fraction of sp³-hybridized carbons (Fsp3) is 0.920. The second kappa shape index (κ2) is 40.6. The van der Waals surface area contributed by atoms with Crippen molar-refractivity contribution in [2.45, 2.75) is 275 Å². The summed E-state index contributed by atoms with van der Waals surface area (Å²) in [6, 6.07) is 0. The monoisotopic (exact) mass is 919 g/mol. The average molecular weight is 919 g/mol. The average Bonchev–Trinajstić information content (AvgIpc) is 3.25. The summed E-state index contributed by atoms with van der Waals surface area (Å²) >= 11 is 0. The number of hydrogen-bond acceptors (Lipinski definition) is 11. The third-order valence-electron chi connectivity index (χ3n) is 12.1. The van der Waals surface area contributed by atoms with Crippen LogP contribution in [0.5, 0.6) is 0 Å². The Morgan fingerprint density at radius 3 is 1.33 bits per heavy atom. The highest BCUT2D eigenvalue weighted by Gasteiger charge is 2.46. The molecule has 0 bridgehead atoms. The summed E-state index contributed by atoms with van der Waals surface area (Å²) in [5.41, 5.74) is 0. The van der Waals surface area contributed by atoms with E-state index in [-0.39, 0.29) is 19.4 Å². The molecular weight excluding hydrogens is 825 g/mol. The number of unbranched alkanes of at least 4 members (excludes halogenated alkanes) is 30. The number of hydrogen-bond donors (Lipinski definition) is 4. The fourth-order valence-electron chi connectivity index (χ4n) is 8.09. The smallest absolute Gasteiger partial charge is 0.306 e. The maximum absolute atomic E-state index is 12.9. The highest BCUT2D eigenvalue weighted by atomic mass is 32.2. The molecule has 1 saturated heterocycles. The molecule has 1 rings (SSSR count). The highest BCUT2D eigenvalue weighted by Crippen LogP contribution is 2.24. The topological polar surface area (TPSA) is 186 Å². The van der Waals surface area contributed by atoms with Gasteiger partial charge in [-0.25, -0.2) is 0 Å². The minimum atomic E-state index is -4.60. The maximum Gasteiger partial charge on any atom is 0.306 e. The number of esters is 2. The lowest BCUT2D eigenvalue weighted by Crippen LogP contribution is -2.60. The van der Waals surface area contributed by atoms with Crippen LogP contribution >= 0.6 is 0 Å². The Labute approximate surface area is 384 Å². The van der Waals surface area contributed by atoms with E-state index in [1.165, 1.54) is 154 Å². The first-order valence-corrected chi connectivity index (χ1v) is 27.4. The Morgan fingerprint density at radius 2 is 0.905 bits per heavy atom. The van der Waals surface area contributed by atoms with E-state index in [2.05, 4.69) is 26.0 Å². The zero-order valence-corrected chi connectivity index (χ0v) is 40.8. The van der Waals surface area contributed by atoms with Gasteiger partial charge < -0.3 is 34.3 Å². The third kappa shape index (κ3) is 35.3. The van der Waals surface area contributed by atoms with Crippen LogP contribution in [0.15, 0.2) is 12.2 Å². The highest BCUT2D eigenvalue weighted by molar-refractivity contribution is 7.85. The SMILES string of the molecule is CCCCCCCC/C=C/CCCCCC(=O)OC[C@H](CO[C@H]1O[C@H](CS(=O)(=O)O)[C@@H](O)C(O)C1O)OC(=O)CCCCCCCCCCCCCCCCCCCCCCCC. The van der Waals surface area contributed by atoms with Crippen molar-refractivity contribution in [3.8, 4) is 0 Å². The molecule has 4 N–H and O–H groups in total. The number of rotatable bonds is 44. The molecule has 0 radical (unpaired) electrons. The van der Waals surface area contributed by atoms with Crippen LogP contribution < -0.4 is 0 Å². The quantitative estimate of drug-likeness (QED) is 0.0196. The molecule has 0 aliphatic carbocycles. The van der Waals surface area contributed by atoms with Gasteiger partial charge in [-0.2, -0.15) is 8.42 Å². The van der Waals surface area contributed by atoms with Crippen molar-refractivity contribution >= 4 is 22.1 Å². The third-order valence-corrected chi connectivity index (χ3v) is 12.8. The molecule has 0 aromatic carbocycles. The molecule has 1 aliphatic heterocycles. The van der Waals surface area contributed by atoms with Crippen LogP contribution in [0.25, 0.3) is 0 Å². The van der Waals surface area contributed by atoms with Gasteiger partial charge in [0, 0.05) is 12.8 Å². The Hall–Kier alpha value is -1.61. The van der Waals surface area contributed by atoms with Crippen LogP contribution in [0.4, 0.5) is 0 Å². The van der Waals surface area contributed by atoms with Gasteiger partial charge in [-0.15, -0.1) is 0 Å². The van der Waals surface area contributed by atoms with E-state index >= 15 is 0 Å². The summed E-state index contributed by atoms with van der Waals surface area (Å²) in [4.78, 5) is 25.5. The van der Waals surface area contributed by atoms with Crippen molar-refractivity contribution in [2.24, 2.45) is 0 Å². The number of carbonyl (C=O) groups is 2. The van der Waals surface area contributed by atoms with E-state index in [4.69, 9.17) is 18.9 Å². The van der Waals surface area contributed by atoms with Gasteiger partial charge in [-0.05, 0) is 38.5 Å². The molecule has 63 heavy (non-hydrogen) atoms. The first-order valence-electron chi connectivity index (χ1n) is 25.7. The number of aliphatic hydroxyl groups is 3. The summed E-state index contributed by atoms with van der Waals surface area (Å²) in [5.74, 6) is -1.99. The molecule has 1 fully saturated rings. The van der Waals surface area contributed by atoms with Crippen LogP contribution in [0.2, 0.25) is 0 Å². The van der Waals surface area contributed by atoms with E-state index in [1.807, 2.05) is 0 Å². The Bertz CT molecular complexity index is 1210. The minimum absolute atomic E-state index is 0.168. The van der Waals surface area contributed by atoms with Gasteiger partial charge in [0.25, 0.3) is 10.1 Å². The maximum atomic E-state index is 12.9. The van der Waals surface area contributed by atoms with E-state index < -0.39 is 71.2 Å². The molecule has 1 aliphatic rings. The molecule has 0 aromatic heterocycles. The lowest BCUT2D eigenvalue weighted by Gasteiger charge is -2.40. The lowest BCUT2D eigenvalue weighted by atomic mass is 10.00. The first-order chi connectivity index (χ1) is 30.5. The van der Waals surface area contributed by atoms with Crippen LogP contribution in [-0.4, -0.2) is 96.0 Å². The van der Waals surface area contributed by atoms with Crippen molar-refractivity contribution in [1.29, 1.82) is 0 Å². The molecule has 1 heterocycles. The zero-order chi connectivity index (χ0) is 46.2. The second-order valence-corrected chi connectivity index (χ2v) is 19.7. The van der Waals surface area contributed by atoms with Gasteiger partial charge in [-0.3, -0.25) is 14.1 Å². The summed E-state index contributed by atoms with van der Waals surface area (Å²) in [7, 11) is -4.60. The molecule has 0 saturated carbocycles. The van der Waals surface area contributed by atoms with Crippen LogP contribution in [0.3, 0.4) is 0 Å². The molecule has 12 nitrogen and oxygen atoms in total. The van der Waals surface area contributed by atoms with Crippen molar-refractivity contribution < 1.29 is 56.8 Å². The molecule has 13 heteroatoms. The van der Waals surface area contributed by atoms with Gasteiger partial charge in [0.1, 0.15) is 36.8 Å². The van der Waals surface area contributed by atoms with Gasteiger partial charge in [0.05, 0.1) is 6.61 Å². The molecule has 372 valence electrons. The van der Waals surface area contributed by atoms with Gasteiger partial charge in [0.2, 0.25) is 0 Å². The summed E-state index contributed by atoms with van der Waals surface area (Å²) in [5, 5.41) is 30.9. The largest absolute Gasteiger partial charge is 0.462 e. The van der Waals surface area contributed by atoms with Crippen molar-refractivity contribution in [3.05, 3.63) is 12.2 Å². The van der Waals surface area contributed by atoms with Gasteiger partial charge in [0.15, 0.2) is 12.4 Å². The Morgan fingerprint density at radius 1 is 0.524 bits per heavy atom. The standard InChI is InChI=1S/C50H94O12S/c1-3-5-7-9-11-13-15-17-18-19-20-21-22-23-24-25-27-29-31-33-35-37-39-46(52)61-43(41-60-50-49(55)48(54)47(53)44(62-50)42-63(56,57)58)40-59-45(51)38-36-34-32-30-28-26-16-14-12-10-8-6-4-2/h26,28,43-44,47-50,53-55H,3-25,27,29-42H2,1-2H3,(H,56,57,58)/b28-26+/t43-,44-,47-,48?,49?,50+/m1/s1. The normalized spacial score (nSPS) is 19.7. The molecule has 2 unspecified atom stereocenters. The van der Waals surface area contributed by atoms with E-state index in [0.717, 1.165) is 44.9 Å². The van der Waals surface area contributed by atoms with Crippen molar-refractivity contribution in [1.82, 2.24) is 0 Å². The summed E-state index contributed by atoms with van der Waals surface area (Å²) in [6.07, 6.45) is 35.5. The second-order valence-electron chi connectivity index (χ2n) is 18.2. The van der Waals surface area contributed by atoms with Crippen molar-refractivity contribution in [2.75, 3.05) is 19.0 Å². The van der Waals surface area contributed by atoms with Crippen LogP contribution in [0.1, 0.15) is 239 Å². The van der Waals surface area contributed by atoms with Crippen LogP contribution in [-0.2, 0) is 38.7 Å². The van der Waals surface area contributed by atoms with E-state index in [1.54, 1.807) is 0 Å². The van der Waals surface area contributed by atoms with E-state index in [0.29, 0.717) is 12.8 Å². The summed E-state index contributed by atoms with van der Waals surface area (Å²) < 4.78 is 54.2. The number of carbonyl (C=O) groups excluding carboxylic acids is 2. The predicted octanol–water partition coefficient (Wildman–Crippen LogP) is 11.4. The molecular formula is C50H94O12S. The zero-order valence-electron chi connectivity index (χ0n) is 40.0. The lowest BCUT2D eigenvalue weighted by molar-refractivity contribution is -0.297. The van der Waals surface area contributed by atoms with Crippen LogP contribution in [0, 0.1) is 0 Å². The Kier molecular flexibility index (Phi) is 38.3. The molecule has 0 amide bonds. The Balaban J connectivity index is 2.34. The van der Waals surface area contributed by atoms with Crippen molar-refractivity contribution in [3.63, 3.8) is 0 Å². The minimum Gasteiger partial charge on any atom is -0.462 e.